The van der Waals surface area contributed by atoms with E-state index in [-0.39, 0.29) is 5.56 Å². The molecule has 5 rings (SSSR count). The molecule has 150 valence electrons. The van der Waals surface area contributed by atoms with Crippen molar-refractivity contribution in [3.63, 3.8) is 0 Å². The zero-order valence-electron chi connectivity index (χ0n) is 16.9. The Labute approximate surface area is 177 Å². The number of pyridine rings is 1. The van der Waals surface area contributed by atoms with Crippen LogP contribution in [0.15, 0.2) is 63.1 Å². The highest BCUT2D eigenvalue weighted by atomic mass is 32.1. The van der Waals surface area contributed by atoms with Crippen LogP contribution >= 0.6 is 11.3 Å². The lowest BCUT2D eigenvalue weighted by Crippen LogP contribution is -2.23. The molecule has 30 heavy (non-hydrogen) atoms. The van der Waals surface area contributed by atoms with Crippen LogP contribution in [0.2, 0.25) is 0 Å². The molecular weight excluding hydrogens is 396 g/mol. The molecule has 6 nitrogen and oxygen atoms in total. The van der Waals surface area contributed by atoms with E-state index in [2.05, 4.69) is 4.98 Å². The first-order valence-corrected chi connectivity index (χ1v) is 10.6. The number of oxazole rings is 1. The third-order valence-electron chi connectivity index (χ3n) is 5.23. The molecule has 0 atom stereocenters. The molecule has 0 saturated carbocycles. The van der Waals surface area contributed by atoms with Gasteiger partial charge in [-0.25, -0.2) is 9.67 Å². The van der Waals surface area contributed by atoms with Crippen molar-refractivity contribution in [2.24, 2.45) is 0 Å². The maximum atomic E-state index is 13.1. The lowest BCUT2D eigenvalue weighted by atomic mass is 10.1. The Morgan fingerprint density at radius 2 is 1.87 bits per heavy atom. The molecule has 1 aromatic carbocycles. The van der Waals surface area contributed by atoms with Gasteiger partial charge in [-0.1, -0.05) is 24.3 Å². The molecule has 0 fully saturated rings. The fourth-order valence-electron chi connectivity index (χ4n) is 3.80. The Hall–Kier alpha value is -3.45. The first-order chi connectivity index (χ1) is 14.5. The molecule has 0 aliphatic carbocycles. The number of benzene rings is 1. The third-order valence-corrected chi connectivity index (χ3v) is 6.08. The molecule has 4 aromatic heterocycles. The predicted molar refractivity (Wildman–Crippen MR) is 118 cm³/mol. The second-order valence-electron chi connectivity index (χ2n) is 7.28. The Balaban J connectivity index is 1.71. The van der Waals surface area contributed by atoms with Crippen LogP contribution in [-0.4, -0.2) is 19.3 Å². The van der Waals surface area contributed by atoms with Gasteiger partial charge in [0.25, 0.3) is 5.56 Å². The van der Waals surface area contributed by atoms with E-state index < -0.39 is 0 Å². The van der Waals surface area contributed by atoms with Gasteiger partial charge < -0.3 is 4.42 Å². The summed E-state index contributed by atoms with van der Waals surface area (Å²) in [6.07, 6.45) is 0. The number of thiophene rings is 1. The van der Waals surface area contributed by atoms with Crippen molar-refractivity contribution in [3.8, 4) is 16.5 Å². The number of aromatic nitrogens is 4. The van der Waals surface area contributed by atoms with E-state index in [1.807, 2.05) is 73.3 Å². The predicted octanol–water partition coefficient (Wildman–Crippen LogP) is 4.88. The van der Waals surface area contributed by atoms with Gasteiger partial charge in [-0.05, 0) is 49.9 Å². The van der Waals surface area contributed by atoms with Crippen LogP contribution in [0.5, 0.6) is 0 Å². The van der Waals surface area contributed by atoms with Crippen LogP contribution in [0.4, 0.5) is 0 Å². The molecule has 0 N–H and O–H groups in total. The van der Waals surface area contributed by atoms with Crippen LogP contribution < -0.4 is 5.56 Å². The summed E-state index contributed by atoms with van der Waals surface area (Å²) in [6.45, 7) is 6.12. The SMILES string of the molecule is Cc1oc(-c2cccs2)nc1Cn1c(=O)cc(C)c2c(C)nn(-c3ccccc3)c21. The molecule has 0 spiro atoms. The van der Waals surface area contributed by atoms with Crippen molar-refractivity contribution in [2.45, 2.75) is 27.3 Å². The molecule has 7 heteroatoms. The van der Waals surface area contributed by atoms with Gasteiger partial charge in [0, 0.05) is 11.5 Å². The number of nitrogens with zero attached hydrogens (tertiary/aromatic N) is 4. The number of hydrogen-bond acceptors (Lipinski definition) is 5. The first kappa shape index (κ1) is 18.6. The van der Waals surface area contributed by atoms with E-state index >= 15 is 0 Å². The number of aryl methyl sites for hydroxylation is 3. The van der Waals surface area contributed by atoms with Crippen molar-refractivity contribution in [1.82, 2.24) is 19.3 Å². The molecular formula is C23H20N4O2S. The molecule has 0 aliphatic rings. The first-order valence-electron chi connectivity index (χ1n) is 9.68. The van der Waals surface area contributed by atoms with Crippen molar-refractivity contribution < 1.29 is 4.42 Å². The summed E-state index contributed by atoms with van der Waals surface area (Å²) in [4.78, 5) is 18.7. The molecule has 0 unspecified atom stereocenters. The summed E-state index contributed by atoms with van der Waals surface area (Å²) < 4.78 is 9.46. The largest absolute Gasteiger partial charge is 0.440 e. The van der Waals surface area contributed by atoms with Gasteiger partial charge in [0.2, 0.25) is 5.89 Å². The lowest BCUT2D eigenvalue weighted by molar-refractivity contribution is 0.539. The van der Waals surface area contributed by atoms with Gasteiger partial charge in [0.05, 0.1) is 22.8 Å². The lowest BCUT2D eigenvalue weighted by Gasteiger charge is -2.11. The zero-order valence-corrected chi connectivity index (χ0v) is 17.7. The summed E-state index contributed by atoms with van der Waals surface area (Å²) in [5.74, 6) is 1.29. The minimum atomic E-state index is -0.0860. The molecule has 0 bridgehead atoms. The molecule has 0 amide bonds. The Morgan fingerprint density at radius 1 is 1.07 bits per heavy atom. The van der Waals surface area contributed by atoms with Crippen LogP contribution in [0.1, 0.15) is 22.7 Å². The normalized spacial score (nSPS) is 11.4. The Bertz CT molecular complexity index is 1410. The van der Waals surface area contributed by atoms with Crippen molar-refractivity contribution >= 4 is 22.4 Å². The van der Waals surface area contributed by atoms with Crippen LogP contribution in [-0.2, 0) is 6.54 Å². The highest BCUT2D eigenvalue weighted by Crippen LogP contribution is 2.28. The van der Waals surface area contributed by atoms with Gasteiger partial charge in [-0.15, -0.1) is 11.3 Å². The smallest absolute Gasteiger partial charge is 0.252 e. The summed E-state index contributed by atoms with van der Waals surface area (Å²) >= 11 is 1.58. The topological polar surface area (TPSA) is 65.8 Å². The fourth-order valence-corrected chi connectivity index (χ4v) is 4.45. The molecule has 0 saturated heterocycles. The summed E-state index contributed by atoms with van der Waals surface area (Å²) in [5.41, 5.74) is 4.13. The fraction of sp³-hybridized carbons (Fsp3) is 0.174. The zero-order chi connectivity index (χ0) is 20.8. The van der Waals surface area contributed by atoms with Gasteiger partial charge in [0.15, 0.2) is 0 Å². The molecule has 4 heterocycles. The molecule has 0 aliphatic heterocycles. The van der Waals surface area contributed by atoms with Crippen LogP contribution in [0.3, 0.4) is 0 Å². The van der Waals surface area contributed by atoms with E-state index in [9.17, 15) is 4.79 Å². The number of para-hydroxylation sites is 1. The minimum Gasteiger partial charge on any atom is -0.440 e. The minimum absolute atomic E-state index is 0.0860. The van der Waals surface area contributed by atoms with E-state index in [0.29, 0.717) is 18.2 Å². The summed E-state index contributed by atoms with van der Waals surface area (Å²) in [6, 6.07) is 15.5. The summed E-state index contributed by atoms with van der Waals surface area (Å²) in [5, 5.41) is 7.72. The number of rotatable bonds is 4. The van der Waals surface area contributed by atoms with Crippen molar-refractivity contribution in [1.29, 1.82) is 0 Å². The van der Waals surface area contributed by atoms with E-state index in [1.165, 1.54) is 0 Å². The maximum absolute atomic E-state index is 13.1. The van der Waals surface area contributed by atoms with E-state index in [1.54, 1.807) is 22.0 Å². The standard InChI is InChI=1S/C23H20N4O2S/c1-14-12-20(28)26(13-18-16(3)29-22(24-18)19-10-7-11-30-19)23-21(14)15(2)25-27(23)17-8-5-4-6-9-17/h4-12H,13H2,1-3H3. The molecule has 0 radical (unpaired) electrons. The average Bonchev–Trinajstić information content (AvgIpc) is 3.45. The van der Waals surface area contributed by atoms with Crippen molar-refractivity contribution in [2.75, 3.05) is 0 Å². The number of hydrogen-bond donors (Lipinski definition) is 0. The van der Waals surface area contributed by atoms with E-state index in [4.69, 9.17) is 9.52 Å². The van der Waals surface area contributed by atoms with Gasteiger partial charge in [0.1, 0.15) is 17.1 Å². The quantitative estimate of drug-likeness (QED) is 0.419. The average molecular weight is 417 g/mol. The molecule has 5 aromatic rings. The van der Waals surface area contributed by atoms with Gasteiger partial charge in [-0.2, -0.15) is 5.10 Å². The second kappa shape index (κ2) is 7.11. The Kier molecular flexibility index (Phi) is 4.40. The Morgan fingerprint density at radius 3 is 2.60 bits per heavy atom. The highest BCUT2D eigenvalue weighted by Gasteiger charge is 2.20. The highest BCUT2D eigenvalue weighted by molar-refractivity contribution is 7.13. The number of fused-ring (bicyclic) bond motifs is 1. The van der Waals surface area contributed by atoms with Gasteiger partial charge in [-0.3, -0.25) is 9.36 Å². The van der Waals surface area contributed by atoms with Gasteiger partial charge >= 0.3 is 0 Å². The van der Waals surface area contributed by atoms with Crippen LogP contribution in [0, 0.1) is 20.8 Å². The van der Waals surface area contributed by atoms with E-state index in [0.717, 1.165) is 38.5 Å². The maximum Gasteiger partial charge on any atom is 0.252 e. The third kappa shape index (κ3) is 2.98. The second-order valence-corrected chi connectivity index (χ2v) is 8.23. The summed E-state index contributed by atoms with van der Waals surface area (Å²) in [7, 11) is 0. The van der Waals surface area contributed by atoms with Crippen molar-refractivity contribution in [3.05, 3.63) is 87.0 Å². The monoisotopic (exact) mass is 416 g/mol. The van der Waals surface area contributed by atoms with Crippen LogP contribution in [0.25, 0.3) is 27.5 Å².